The summed E-state index contributed by atoms with van der Waals surface area (Å²) in [6.07, 6.45) is 7.05. The van der Waals surface area contributed by atoms with Crippen LogP contribution in [0.25, 0.3) is 0 Å². The SMILES string of the molecule is CCOc1cc(C(=O)OC/C=C(\C)CCC=C(C)C)cnc1C(=O)NC(=O)CN. The lowest BCUT2D eigenvalue weighted by Crippen LogP contribution is -2.36. The van der Waals surface area contributed by atoms with Gasteiger partial charge in [-0.2, -0.15) is 0 Å². The monoisotopic (exact) mass is 403 g/mol. The van der Waals surface area contributed by atoms with Crippen LogP contribution in [0.5, 0.6) is 5.75 Å². The molecule has 0 unspecified atom stereocenters. The molecule has 1 rings (SSSR count). The summed E-state index contributed by atoms with van der Waals surface area (Å²) in [6, 6.07) is 1.37. The van der Waals surface area contributed by atoms with E-state index in [1.807, 2.05) is 13.0 Å². The van der Waals surface area contributed by atoms with E-state index in [2.05, 4.69) is 30.2 Å². The fourth-order valence-electron chi connectivity index (χ4n) is 2.26. The zero-order valence-corrected chi connectivity index (χ0v) is 17.4. The molecule has 8 nitrogen and oxygen atoms in total. The van der Waals surface area contributed by atoms with Crippen molar-refractivity contribution in [2.24, 2.45) is 5.73 Å². The number of imide groups is 1. The predicted molar refractivity (Wildman–Crippen MR) is 110 cm³/mol. The fourth-order valence-corrected chi connectivity index (χ4v) is 2.26. The molecular formula is C21H29N3O5. The largest absolute Gasteiger partial charge is 0.491 e. The van der Waals surface area contributed by atoms with Crippen molar-refractivity contribution >= 4 is 17.8 Å². The number of nitrogens with one attached hydrogen (secondary N) is 1. The Balaban J connectivity index is 2.78. The van der Waals surface area contributed by atoms with E-state index in [4.69, 9.17) is 15.2 Å². The minimum absolute atomic E-state index is 0.0812. The molecule has 0 aliphatic rings. The summed E-state index contributed by atoms with van der Waals surface area (Å²) in [5.41, 5.74) is 7.61. The van der Waals surface area contributed by atoms with Gasteiger partial charge in [-0.25, -0.2) is 9.78 Å². The summed E-state index contributed by atoms with van der Waals surface area (Å²) in [5.74, 6) is -1.90. The van der Waals surface area contributed by atoms with Crippen molar-refractivity contribution < 1.29 is 23.9 Å². The average molecular weight is 403 g/mol. The second-order valence-electron chi connectivity index (χ2n) is 6.55. The minimum atomic E-state index is -0.751. The van der Waals surface area contributed by atoms with Crippen LogP contribution in [0.2, 0.25) is 0 Å². The van der Waals surface area contributed by atoms with Gasteiger partial charge in [-0.1, -0.05) is 17.2 Å². The Morgan fingerprint density at radius 1 is 1.21 bits per heavy atom. The topological polar surface area (TPSA) is 121 Å². The molecule has 0 atom stereocenters. The second-order valence-corrected chi connectivity index (χ2v) is 6.55. The Hall–Kier alpha value is -3.00. The van der Waals surface area contributed by atoms with Gasteiger partial charge in [0.05, 0.1) is 18.7 Å². The standard InChI is InChI=1S/C21H29N3O5/c1-5-28-17-11-16(13-23-19(17)20(26)24-18(25)12-22)21(27)29-10-9-15(4)8-6-7-14(2)3/h7,9,11,13H,5-6,8,10,12,22H2,1-4H3,(H,24,25,26)/b15-9+. The van der Waals surface area contributed by atoms with Gasteiger partial charge in [-0.05, 0) is 52.7 Å². The fraction of sp³-hybridized carbons (Fsp3) is 0.429. The molecule has 1 aromatic rings. The number of esters is 1. The number of amides is 2. The predicted octanol–water partition coefficient (Wildman–Crippen LogP) is 2.54. The van der Waals surface area contributed by atoms with Gasteiger partial charge in [0.1, 0.15) is 6.61 Å². The number of carbonyl (C=O) groups is 3. The van der Waals surface area contributed by atoms with Crippen LogP contribution in [-0.4, -0.2) is 42.5 Å². The average Bonchev–Trinajstić information content (AvgIpc) is 2.67. The van der Waals surface area contributed by atoms with Gasteiger partial charge >= 0.3 is 5.97 Å². The molecule has 0 bridgehead atoms. The van der Waals surface area contributed by atoms with Crippen LogP contribution >= 0.6 is 0 Å². The number of hydrogen-bond donors (Lipinski definition) is 2. The van der Waals surface area contributed by atoms with Gasteiger partial charge < -0.3 is 15.2 Å². The Labute approximate surface area is 171 Å². The number of hydrogen-bond acceptors (Lipinski definition) is 7. The van der Waals surface area contributed by atoms with E-state index in [-0.39, 0.29) is 36.8 Å². The van der Waals surface area contributed by atoms with Gasteiger partial charge in [-0.3, -0.25) is 14.9 Å². The smallest absolute Gasteiger partial charge is 0.340 e. The first-order valence-electron chi connectivity index (χ1n) is 9.41. The van der Waals surface area contributed by atoms with Gasteiger partial charge in [0, 0.05) is 6.20 Å². The summed E-state index contributed by atoms with van der Waals surface area (Å²) in [4.78, 5) is 39.6. The highest BCUT2D eigenvalue weighted by Gasteiger charge is 2.19. The number of nitrogens with two attached hydrogens (primary N) is 1. The van der Waals surface area contributed by atoms with Crippen LogP contribution in [0.15, 0.2) is 35.6 Å². The summed E-state index contributed by atoms with van der Waals surface area (Å²) < 4.78 is 10.6. The highest BCUT2D eigenvalue weighted by molar-refractivity contribution is 6.06. The molecule has 0 saturated carbocycles. The number of pyridine rings is 1. The molecule has 0 radical (unpaired) electrons. The maximum atomic E-state index is 12.3. The molecule has 0 fully saturated rings. The molecule has 0 aliphatic carbocycles. The van der Waals surface area contributed by atoms with Crippen molar-refractivity contribution in [1.82, 2.24) is 10.3 Å². The third-order valence-corrected chi connectivity index (χ3v) is 3.78. The number of aromatic nitrogens is 1. The van der Waals surface area contributed by atoms with E-state index in [0.29, 0.717) is 0 Å². The van der Waals surface area contributed by atoms with Crippen LogP contribution in [0.4, 0.5) is 0 Å². The van der Waals surface area contributed by atoms with Crippen molar-refractivity contribution in [2.75, 3.05) is 19.8 Å². The molecule has 29 heavy (non-hydrogen) atoms. The van der Waals surface area contributed by atoms with E-state index in [9.17, 15) is 14.4 Å². The quantitative estimate of drug-likeness (QED) is 0.455. The number of carbonyl (C=O) groups excluding carboxylic acids is 3. The normalized spacial score (nSPS) is 10.9. The van der Waals surface area contributed by atoms with Crippen LogP contribution in [-0.2, 0) is 9.53 Å². The van der Waals surface area contributed by atoms with Crippen molar-refractivity contribution in [3.63, 3.8) is 0 Å². The molecule has 158 valence electrons. The highest BCUT2D eigenvalue weighted by Crippen LogP contribution is 2.19. The zero-order chi connectivity index (χ0) is 21.8. The van der Waals surface area contributed by atoms with Gasteiger partial charge in [0.15, 0.2) is 11.4 Å². The molecule has 0 aromatic carbocycles. The lowest BCUT2D eigenvalue weighted by atomic mass is 10.1. The lowest BCUT2D eigenvalue weighted by Gasteiger charge is -2.10. The maximum Gasteiger partial charge on any atom is 0.340 e. The molecule has 3 N–H and O–H groups in total. The van der Waals surface area contributed by atoms with E-state index >= 15 is 0 Å². The van der Waals surface area contributed by atoms with Crippen LogP contribution in [0, 0.1) is 0 Å². The number of nitrogens with zero attached hydrogens (tertiary/aromatic N) is 1. The third-order valence-electron chi connectivity index (χ3n) is 3.78. The summed E-state index contributed by atoms with van der Waals surface area (Å²) >= 11 is 0. The summed E-state index contributed by atoms with van der Waals surface area (Å²) in [7, 11) is 0. The van der Waals surface area contributed by atoms with Crippen molar-refractivity contribution in [1.29, 1.82) is 0 Å². The van der Waals surface area contributed by atoms with E-state index in [1.54, 1.807) is 6.92 Å². The molecular weight excluding hydrogens is 374 g/mol. The van der Waals surface area contributed by atoms with Gasteiger partial charge in [0.2, 0.25) is 5.91 Å². The van der Waals surface area contributed by atoms with Crippen LogP contribution in [0.1, 0.15) is 61.4 Å². The van der Waals surface area contributed by atoms with Crippen LogP contribution in [0.3, 0.4) is 0 Å². The summed E-state index contributed by atoms with van der Waals surface area (Å²) in [5, 5.41) is 2.09. The first kappa shape index (κ1) is 24.0. The van der Waals surface area contributed by atoms with Crippen LogP contribution < -0.4 is 15.8 Å². The molecule has 2 amide bonds. The molecule has 1 aromatic heterocycles. The highest BCUT2D eigenvalue weighted by atomic mass is 16.5. The first-order chi connectivity index (χ1) is 13.8. The number of ether oxygens (including phenoxy) is 2. The molecule has 1 heterocycles. The van der Waals surface area contributed by atoms with Crippen molar-refractivity contribution in [3.8, 4) is 5.75 Å². The van der Waals surface area contributed by atoms with Crippen molar-refractivity contribution in [3.05, 3.63) is 46.8 Å². The Bertz CT molecular complexity index is 796. The van der Waals surface area contributed by atoms with Gasteiger partial charge in [-0.15, -0.1) is 0 Å². The van der Waals surface area contributed by atoms with E-state index < -0.39 is 17.8 Å². The molecule has 0 saturated heterocycles. The van der Waals surface area contributed by atoms with Crippen molar-refractivity contribution in [2.45, 2.75) is 40.5 Å². The zero-order valence-electron chi connectivity index (χ0n) is 17.4. The summed E-state index contributed by atoms with van der Waals surface area (Å²) in [6.45, 7) is 7.86. The lowest BCUT2D eigenvalue weighted by molar-refractivity contribution is -0.118. The third kappa shape index (κ3) is 8.69. The Kier molecular flexibility index (Phi) is 10.3. The first-order valence-corrected chi connectivity index (χ1v) is 9.41. The Morgan fingerprint density at radius 2 is 1.93 bits per heavy atom. The molecule has 0 aliphatic heterocycles. The Morgan fingerprint density at radius 3 is 2.55 bits per heavy atom. The minimum Gasteiger partial charge on any atom is -0.491 e. The number of allylic oxidation sites excluding steroid dienone is 3. The van der Waals surface area contributed by atoms with Gasteiger partial charge in [0.25, 0.3) is 5.91 Å². The second kappa shape index (κ2) is 12.5. The number of rotatable bonds is 10. The van der Waals surface area contributed by atoms with E-state index in [1.165, 1.54) is 17.8 Å². The molecule has 8 heteroatoms. The molecule has 0 spiro atoms. The van der Waals surface area contributed by atoms with E-state index in [0.717, 1.165) is 18.4 Å². The maximum absolute atomic E-state index is 12.3.